The summed E-state index contributed by atoms with van der Waals surface area (Å²) in [6, 6.07) is 4.29. The van der Waals surface area contributed by atoms with Crippen LogP contribution < -0.4 is 10.6 Å². The number of alkyl halides is 2. The van der Waals surface area contributed by atoms with Gasteiger partial charge >= 0.3 is 0 Å². The van der Waals surface area contributed by atoms with Crippen LogP contribution in [0.3, 0.4) is 0 Å². The number of amides is 1. The number of rotatable bonds is 5. The molecule has 1 aromatic heterocycles. The number of hydrogen-bond donors (Lipinski definition) is 1. The number of benzene rings is 1. The van der Waals surface area contributed by atoms with Gasteiger partial charge in [0.1, 0.15) is 17.3 Å². The number of anilines is 1. The van der Waals surface area contributed by atoms with Gasteiger partial charge in [-0.15, -0.1) is 0 Å². The van der Waals surface area contributed by atoms with Crippen LogP contribution in [0.4, 0.5) is 23.2 Å². The van der Waals surface area contributed by atoms with Gasteiger partial charge in [0.2, 0.25) is 5.91 Å². The van der Waals surface area contributed by atoms with E-state index < -0.39 is 35.7 Å². The first-order valence-corrected chi connectivity index (χ1v) is 7.00. The maximum Gasteiger partial charge on any atom is 0.280 e. The molecule has 0 aliphatic rings. The average molecular weight is 375 g/mol. The van der Waals surface area contributed by atoms with Crippen molar-refractivity contribution in [3.63, 3.8) is 0 Å². The predicted molar refractivity (Wildman–Crippen MR) is 91.0 cm³/mol. The average Bonchev–Trinajstić information content (AvgIpc) is 2.52. The predicted octanol–water partition coefficient (Wildman–Crippen LogP) is 2.94. The minimum atomic E-state index is -2.70. The summed E-state index contributed by atoms with van der Waals surface area (Å²) < 4.78 is 51.3. The Kier molecular flexibility index (Phi) is 7.38. The molecule has 2 N–H and O–H groups in total. The highest BCUT2D eigenvalue weighted by Crippen LogP contribution is 2.20. The summed E-state index contributed by atoms with van der Waals surface area (Å²) in [5.74, 6) is -2.05. The lowest BCUT2D eigenvalue weighted by Crippen LogP contribution is -2.43. The summed E-state index contributed by atoms with van der Waals surface area (Å²) in [6.07, 6.45) is -1.64. The van der Waals surface area contributed by atoms with Gasteiger partial charge in [0.05, 0.1) is 17.9 Å². The lowest BCUT2D eigenvalue weighted by Gasteiger charge is -2.21. The zero-order valence-electron chi connectivity index (χ0n) is 13.2. The van der Waals surface area contributed by atoms with Crippen molar-refractivity contribution >= 4 is 25.1 Å². The first-order valence-electron chi connectivity index (χ1n) is 7.00. The smallest absolute Gasteiger partial charge is 0.280 e. The number of halogens is 4. The summed E-state index contributed by atoms with van der Waals surface area (Å²) in [5, 5.41) is 0. The third-order valence-corrected chi connectivity index (χ3v) is 3.41. The van der Waals surface area contributed by atoms with Crippen LogP contribution in [0.1, 0.15) is 17.7 Å². The Hall–Kier alpha value is -2.13. The lowest BCUT2D eigenvalue weighted by atomic mass is 10.1. The van der Waals surface area contributed by atoms with Crippen molar-refractivity contribution in [3.8, 4) is 0 Å². The second kappa shape index (κ2) is 8.82. The Morgan fingerprint density at radius 1 is 1.20 bits per heavy atom. The molecule has 25 heavy (non-hydrogen) atoms. The molecule has 0 radical (unpaired) electrons. The highest BCUT2D eigenvalue weighted by atomic mass is 32.1. The van der Waals surface area contributed by atoms with Crippen molar-refractivity contribution in [3.05, 3.63) is 59.4 Å². The molecule has 1 heterocycles. The van der Waals surface area contributed by atoms with E-state index in [-0.39, 0.29) is 31.2 Å². The minimum Gasteiger partial charge on any atom is -0.320 e. The van der Waals surface area contributed by atoms with Crippen LogP contribution in [0.5, 0.6) is 0 Å². The monoisotopic (exact) mass is 375 g/mol. The van der Waals surface area contributed by atoms with Crippen molar-refractivity contribution in [2.24, 2.45) is 5.73 Å². The number of likely N-dealkylation sites (N-methyl/N-ethyl adjacent to an activating group) is 1. The van der Waals surface area contributed by atoms with Gasteiger partial charge in [0.15, 0.2) is 0 Å². The highest BCUT2D eigenvalue weighted by molar-refractivity contribution is 7.59. The fraction of sp³-hybridized carbons (Fsp3) is 0.250. The summed E-state index contributed by atoms with van der Waals surface area (Å²) >= 11 is 0. The van der Waals surface area contributed by atoms with E-state index in [2.05, 4.69) is 4.98 Å². The fourth-order valence-corrected chi connectivity index (χ4v) is 2.17. The van der Waals surface area contributed by atoms with Gasteiger partial charge in [-0.2, -0.15) is 13.5 Å². The number of pyridine rings is 1. The van der Waals surface area contributed by atoms with Crippen molar-refractivity contribution in [2.45, 2.75) is 18.9 Å². The van der Waals surface area contributed by atoms with Crippen LogP contribution >= 0.6 is 13.5 Å². The van der Waals surface area contributed by atoms with E-state index in [1.165, 1.54) is 13.1 Å². The maximum atomic E-state index is 13.2. The van der Waals surface area contributed by atoms with Gasteiger partial charge in [-0.1, -0.05) is 0 Å². The van der Waals surface area contributed by atoms with Gasteiger partial charge in [-0.3, -0.25) is 9.78 Å². The summed E-state index contributed by atoms with van der Waals surface area (Å²) in [4.78, 5) is 17.0. The summed E-state index contributed by atoms with van der Waals surface area (Å²) in [5.41, 5.74) is 5.91. The number of carbonyl (C=O) groups excluding carboxylic acids is 1. The van der Waals surface area contributed by atoms with Crippen LogP contribution in [0, 0.1) is 11.6 Å². The summed E-state index contributed by atoms with van der Waals surface area (Å²) in [7, 11) is 1.41. The molecule has 4 nitrogen and oxygen atoms in total. The molecule has 0 aliphatic carbocycles. The van der Waals surface area contributed by atoms with Crippen LogP contribution in [0.25, 0.3) is 0 Å². The van der Waals surface area contributed by atoms with Crippen molar-refractivity contribution < 1.29 is 22.4 Å². The Labute approximate surface area is 149 Å². The van der Waals surface area contributed by atoms with Crippen LogP contribution in [-0.4, -0.2) is 24.0 Å². The molecule has 0 saturated carbocycles. The van der Waals surface area contributed by atoms with Gasteiger partial charge in [0, 0.05) is 13.1 Å². The first-order chi connectivity index (χ1) is 11.3. The van der Waals surface area contributed by atoms with E-state index in [1.54, 1.807) is 0 Å². The van der Waals surface area contributed by atoms with Crippen LogP contribution in [-0.2, 0) is 11.2 Å². The Balaban J connectivity index is 0.00000312. The van der Waals surface area contributed by atoms with E-state index in [9.17, 15) is 22.4 Å². The number of carbonyl (C=O) groups is 1. The lowest BCUT2D eigenvalue weighted by molar-refractivity contribution is -0.119. The topological polar surface area (TPSA) is 59.2 Å². The molecule has 0 unspecified atom stereocenters. The van der Waals surface area contributed by atoms with Gasteiger partial charge in [-0.25, -0.2) is 17.6 Å². The summed E-state index contributed by atoms with van der Waals surface area (Å²) in [6.45, 7) is 0. The SMILES string of the molecule is CN(C(=O)[C@@H](N)Cc1cc(F)cc(F)c1)c1ccc(C(F)F)nc1.S. The molecule has 2 rings (SSSR count). The maximum absolute atomic E-state index is 13.2. The third kappa shape index (κ3) is 5.43. The van der Waals surface area contributed by atoms with Gasteiger partial charge in [0.25, 0.3) is 6.43 Å². The van der Waals surface area contributed by atoms with E-state index >= 15 is 0 Å². The number of hydrogen-bond acceptors (Lipinski definition) is 3. The molecule has 0 spiro atoms. The molecule has 0 fully saturated rings. The van der Waals surface area contributed by atoms with E-state index in [1.807, 2.05) is 0 Å². The Morgan fingerprint density at radius 3 is 2.28 bits per heavy atom. The van der Waals surface area contributed by atoms with E-state index in [4.69, 9.17) is 5.73 Å². The molecule has 1 aromatic carbocycles. The van der Waals surface area contributed by atoms with Gasteiger partial charge < -0.3 is 10.6 Å². The second-order valence-corrected chi connectivity index (χ2v) is 5.23. The number of aromatic nitrogens is 1. The molecular formula is C16H17F4N3OS. The second-order valence-electron chi connectivity index (χ2n) is 5.23. The Morgan fingerprint density at radius 2 is 1.80 bits per heavy atom. The molecule has 0 bridgehead atoms. The number of nitrogens with zero attached hydrogens (tertiary/aromatic N) is 2. The van der Waals surface area contributed by atoms with Crippen LogP contribution in [0.15, 0.2) is 36.5 Å². The molecule has 0 aliphatic heterocycles. The van der Waals surface area contributed by atoms with E-state index in [0.29, 0.717) is 0 Å². The first kappa shape index (κ1) is 20.9. The molecule has 1 amide bonds. The zero-order valence-corrected chi connectivity index (χ0v) is 14.2. The molecule has 1 atom stereocenters. The highest BCUT2D eigenvalue weighted by Gasteiger charge is 2.21. The third-order valence-electron chi connectivity index (χ3n) is 3.41. The molecule has 2 aromatic rings. The fourth-order valence-electron chi connectivity index (χ4n) is 2.17. The Bertz CT molecular complexity index is 708. The largest absolute Gasteiger partial charge is 0.320 e. The van der Waals surface area contributed by atoms with Crippen LogP contribution in [0.2, 0.25) is 0 Å². The van der Waals surface area contributed by atoms with Crippen molar-refractivity contribution in [1.82, 2.24) is 4.98 Å². The molecular weight excluding hydrogens is 358 g/mol. The molecule has 136 valence electrons. The number of nitrogens with two attached hydrogens (primary N) is 1. The molecule has 0 saturated heterocycles. The van der Waals surface area contributed by atoms with Crippen molar-refractivity contribution in [1.29, 1.82) is 0 Å². The standard InChI is InChI=1S/C16H15F4N3O.H2S/c1-23(12-2-3-14(15(19)20)22-8-12)16(24)13(21)6-9-4-10(17)7-11(18)5-9;/h2-5,7-8,13,15H,6,21H2,1H3;1H2/t13-;/m0./s1. The zero-order chi connectivity index (χ0) is 17.9. The molecule has 9 heteroatoms. The normalized spacial score (nSPS) is 11.8. The van der Waals surface area contributed by atoms with E-state index in [0.717, 1.165) is 35.4 Å². The minimum absolute atomic E-state index is 0. The van der Waals surface area contributed by atoms with Crippen molar-refractivity contribution in [2.75, 3.05) is 11.9 Å². The van der Waals surface area contributed by atoms with Gasteiger partial charge in [-0.05, 0) is 36.2 Å². The quantitative estimate of drug-likeness (QED) is 0.818.